The van der Waals surface area contributed by atoms with E-state index in [-0.39, 0.29) is 0 Å². The van der Waals surface area contributed by atoms with Crippen molar-refractivity contribution in [3.63, 3.8) is 0 Å². The summed E-state index contributed by atoms with van der Waals surface area (Å²) in [4.78, 5) is 0. The molecule has 0 bridgehead atoms. The smallest absolute Gasteiger partial charge is 0.122 e. The van der Waals surface area contributed by atoms with Gasteiger partial charge in [-0.15, -0.1) is 0 Å². The molecule has 0 aromatic carbocycles. The van der Waals surface area contributed by atoms with Crippen LogP contribution in [0.4, 0.5) is 0 Å². The average molecular weight is 211 g/mol. The number of hydrogen-bond acceptors (Lipinski definition) is 2. The van der Waals surface area contributed by atoms with Gasteiger partial charge in [0.2, 0.25) is 0 Å². The summed E-state index contributed by atoms with van der Waals surface area (Å²) in [5.41, 5.74) is 0.589. The fraction of sp³-hybridized carbons (Fsp3) is 0.0714. The molecule has 0 aromatic heterocycles. The molecule has 0 aromatic rings. The fourth-order valence-corrected chi connectivity index (χ4v) is 0.977. The Hall–Kier alpha value is -2.27. The second-order valence-electron chi connectivity index (χ2n) is 2.98. The highest BCUT2D eigenvalue weighted by atomic mass is 16.5. The largest absolute Gasteiger partial charge is 0.496 e. The van der Waals surface area contributed by atoms with Gasteiger partial charge in [0.25, 0.3) is 0 Å². The molecule has 1 aliphatic heterocycles. The second kappa shape index (κ2) is 8.07. The topological polar surface area (TPSA) is 33.0 Å². The van der Waals surface area contributed by atoms with Crippen LogP contribution < -0.4 is 0 Å². The average Bonchev–Trinajstić information content (AvgIpc) is 2.32. The summed E-state index contributed by atoms with van der Waals surface area (Å²) in [5, 5.41) is 8.80. The summed E-state index contributed by atoms with van der Waals surface area (Å²) in [6, 6.07) is 2.08. The normalized spacial score (nSPS) is 29.3. The number of ether oxygens (including phenoxy) is 1. The van der Waals surface area contributed by atoms with Crippen LogP contribution in [0.1, 0.15) is 0 Å². The Morgan fingerprint density at radius 1 is 0.875 bits per heavy atom. The van der Waals surface area contributed by atoms with Gasteiger partial charge >= 0.3 is 0 Å². The van der Waals surface area contributed by atoms with Gasteiger partial charge < -0.3 is 4.74 Å². The number of hydrogen-bond donors (Lipinski definition) is 0. The zero-order chi connectivity index (χ0) is 11.5. The molecule has 0 saturated carbocycles. The molecule has 0 unspecified atom stereocenters. The Kier molecular flexibility index (Phi) is 5.96. The Morgan fingerprint density at radius 3 is 2.06 bits per heavy atom. The molecule has 1 aliphatic rings. The van der Waals surface area contributed by atoms with Gasteiger partial charge in [0.15, 0.2) is 0 Å². The molecule has 2 heteroatoms. The van der Waals surface area contributed by atoms with Crippen molar-refractivity contribution in [3.8, 4) is 6.07 Å². The van der Waals surface area contributed by atoms with Crippen molar-refractivity contribution >= 4 is 0 Å². The molecule has 1 rings (SSSR count). The van der Waals surface area contributed by atoms with Crippen LogP contribution in [0.25, 0.3) is 0 Å². The van der Waals surface area contributed by atoms with Crippen LogP contribution in [0.2, 0.25) is 0 Å². The second-order valence-corrected chi connectivity index (χ2v) is 2.98. The Morgan fingerprint density at radius 2 is 1.44 bits per heavy atom. The van der Waals surface area contributed by atoms with Gasteiger partial charge in [-0.1, -0.05) is 48.6 Å². The lowest BCUT2D eigenvalue weighted by atomic mass is 10.2. The van der Waals surface area contributed by atoms with E-state index in [1.54, 1.807) is 18.4 Å². The lowest BCUT2D eigenvalue weighted by molar-refractivity contribution is 0.284. The maximum atomic E-state index is 8.80. The molecule has 0 spiro atoms. The SMILES string of the molecule is N#C/C1=C/C=C/C=C\C=C\C=C\C=C/OC1. The van der Waals surface area contributed by atoms with Gasteiger partial charge in [-0.25, -0.2) is 0 Å². The summed E-state index contributed by atoms with van der Waals surface area (Å²) < 4.78 is 5.18. The number of rotatable bonds is 0. The van der Waals surface area contributed by atoms with Crippen molar-refractivity contribution in [1.82, 2.24) is 0 Å². The molecule has 0 N–H and O–H groups in total. The monoisotopic (exact) mass is 211 g/mol. The minimum atomic E-state index is 0.296. The van der Waals surface area contributed by atoms with Crippen molar-refractivity contribution in [3.05, 3.63) is 72.6 Å². The van der Waals surface area contributed by atoms with Crippen LogP contribution >= 0.6 is 0 Å². The number of nitriles is 1. The quantitative estimate of drug-likeness (QED) is 0.616. The van der Waals surface area contributed by atoms with E-state index in [0.29, 0.717) is 12.2 Å². The van der Waals surface area contributed by atoms with E-state index in [2.05, 4.69) is 6.07 Å². The summed E-state index contributed by atoms with van der Waals surface area (Å²) in [5.74, 6) is 0. The fourth-order valence-electron chi connectivity index (χ4n) is 0.977. The van der Waals surface area contributed by atoms with Crippen LogP contribution in [-0.4, -0.2) is 6.61 Å². The molecule has 0 saturated heterocycles. The molecule has 1 heterocycles. The van der Waals surface area contributed by atoms with E-state index in [4.69, 9.17) is 10.00 Å². The zero-order valence-corrected chi connectivity index (χ0v) is 8.91. The molecule has 0 aliphatic carbocycles. The third kappa shape index (κ3) is 5.46. The standard InChI is InChI=1S/C14H13NO/c15-12-14-10-8-6-4-2-1-3-5-7-9-11-16-13-14/h1-11H,13H2/b3-1+,4-2-,7-5+,8-6+,11-9-,14-10-. The predicted octanol–water partition coefficient (Wildman–Crippen LogP) is 3.21. The Balaban J connectivity index is 2.75. The summed E-state index contributed by atoms with van der Waals surface area (Å²) >= 11 is 0. The van der Waals surface area contributed by atoms with Gasteiger partial charge in [0.1, 0.15) is 6.61 Å². The summed E-state index contributed by atoms with van der Waals surface area (Å²) in [6.45, 7) is 0.296. The van der Waals surface area contributed by atoms with Crippen molar-refractivity contribution < 1.29 is 4.74 Å². The van der Waals surface area contributed by atoms with Gasteiger partial charge in [0, 0.05) is 0 Å². The van der Waals surface area contributed by atoms with E-state index >= 15 is 0 Å². The zero-order valence-electron chi connectivity index (χ0n) is 8.91. The molecule has 80 valence electrons. The van der Waals surface area contributed by atoms with Crippen molar-refractivity contribution in [2.45, 2.75) is 0 Å². The highest BCUT2D eigenvalue weighted by molar-refractivity contribution is 5.28. The highest BCUT2D eigenvalue weighted by Gasteiger charge is 1.91. The van der Waals surface area contributed by atoms with E-state index in [1.807, 2.05) is 48.6 Å². The molecular weight excluding hydrogens is 198 g/mol. The highest BCUT2D eigenvalue weighted by Crippen LogP contribution is 1.96. The lowest BCUT2D eigenvalue weighted by Gasteiger charge is -1.96. The van der Waals surface area contributed by atoms with Crippen LogP contribution in [-0.2, 0) is 4.74 Å². The molecule has 0 fully saturated rings. The lowest BCUT2D eigenvalue weighted by Crippen LogP contribution is -1.89. The van der Waals surface area contributed by atoms with Gasteiger partial charge in [0.05, 0.1) is 17.9 Å². The summed E-state index contributed by atoms with van der Waals surface area (Å²) in [7, 11) is 0. The maximum Gasteiger partial charge on any atom is 0.122 e. The van der Waals surface area contributed by atoms with Crippen molar-refractivity contribution in [2.75, 3.05) is 6.61 Å². The van der Waals surface area contributed by atoms with E-state index < -0.39 is 0 Å². The van der Waals surface area contributed by atoms with Crippen molar-refractivity contribution in [2.24, 2.45) is 0 Å². The minimum Gasteiger partial charge on any atom is -0.496 e. The molecular formula is C14H13NO. The molecule has 0 amide bonds. The Labute approximate surface area is 95.8 Å². The number of allylic oxidation sites excluding steroid dienone is 10. The van der Waals surface area contributed by atoms with E-state index in [0.717, 1.165) is 0 Å². The first-order chi connectivity index (χ1) is 7.93. The molecule has 16 heavy (non-hydrogen) atoms. The van der Waals surface area contributed by atoms with Gasteiger partial charge in [-0.2, -0.15) is 5.26 Å². The van der Waals surface area contributed by atoms with Crippen molar-refractivity contribution in [1.29, 1.82) is 5.26 Å². The van der Waals surface area contributed by atoms with Gasteiger partial charge in [-0.3, -0.25) is 0 Å². The molecule has 0 atom stereocenters. The third-order valence-electron chi connectivity index (χ3n) is 1.74. The predicted molar refractivity (Wildman–Crippen MR) is 65.3 cm³/mol. The third-order valence-corrected chi connectivity index (χ3v) is 1.74. The van der Waals surface area contributed by atoms with Crippen LogP contribution in [0, 0.1) is 11.3 Å². The summed E-state index contributed by atoms with van der Waals surface area (Å²) in [6.07, 6.45) is 20.2. The minimum absolute atomic E-state index is 0.296. The Bertz CT molecular complexity index is 415. The molecule has 2 nitrogen and oxygen atoms in total. The number of nitrogens with zero attached hydrogens (tertiary/aromatic N) is 1. The molecule has 0 radical (unpaired) electrons. The maximum absolute atomic E-state index is 8.80. The first-order valence-corrected chi connectivity index (χ1v) is 4.97. The van der Waals surface area contributed by atoms with E-state index in [1.165, 1.54) is 0 Å². The first-order valence-electron chi connectivity index (χ1n) is 4.97. The van der Waals surface area contributed by atoms with Gasteiger partial charge in [-0.05, 0) is 12.2 Å². The van der Waals surface area contributed by atoms with E-state index in [9.17, 15) is 0 Å². The van der Waals surface area contributed by atoms with Crippen LogP contribution in [0.15, 0.2) is 72.6 Å². The van der Waals surface area contributed by atoms with Crippen LogP contribution in [0.3, 0.4) is 0 Å². The van der Waals surface area contributed by atoms with Crippen LogP contribution in [0.5, 0.6) is 0 Å². The first kappa shape index (κ1) is 11.8.